The zero-order valence-corrected chi connectivity index (χ0v) is 12.9. The van der Waals surface area contributed by atoms with E-state index in [1.165, 1.54) is 0 Å². The maximum Gasteiger partial charge on any atom is 0.311 e. The van der Waals surface area contributed by atoms with Gasteiger partial charge in [0.05, 0.1) is 13.7 Å². The molecule has 4 nitrogen and oxygen atoms in total. The van der Waals surface area contributed by atoms with Gasteiger partial charge in [-0.1, -0.05) is 12.1 Å². The highest BCUT2D eigenvalue weighted by atomic mass is 16.5. The van der Waals surface area contributed by atoms with Gasteiger partial charge in [0.2, 0.25) is 0 Å². The van der Waals surface area contributed by atoms with Gasteiger partial charge in [0.15, 0.2) is 0 Å². The lowest BCUT2D eigenvalue weighted by atomic mass is 10.1. The Balaban J connectivity index is 1.81. The quantitative estimate of drug-likeness (QED) is 0.578. The molecule has 2 rings (SSSR count). The van der Waals surface area contributed by atoms with Crippen LogP contribution in [0.3, 0.4) is 0 Å². The van der Waals surface area contributed by atoms with Crippen molar-refractivity contribution >= 4 is 5.97 Å². The van der Waals surface area contributed by atoms with Crippen molar-refractivity contribution in [1.82, 2.24) is 0 Å². The lowest BCUT2D eigenvalue weighted by molar-refractivity contribution is -0.134. The van der Waals surface area contributed by atoms with Crippen LogP contribution in [0.5, 0.6) is 17.2 Å². The van der Waals surface area contributed by atoms with Gasteiger partial charge in [-0.25, -0.2) is 0 Å². The van der Waals surface area contributed by atoms with Gasteiger partial charge in [0.1, 0.15) is 17.2 Å². The molecule has 0 heterocycles. The first-order chi connectivity index (χ1) is 10.7. The number of methoxy groups -OCH3 is 1. The lowest BCUT2D eigenvalue weighted by Crippen LogP contribution is -2.09. The molecule has 2 aromatic rings. The molecule has 22 heavy (non-hydrogen) atoms. The fraction of sp³-hybridized carbons (Fsp3) is 0.278. The van der Waals surface area contributed by atoms with Gasteiger partial charge in [-0.15, -0.1) is 0 Å². The van der Waals surface area contributed by atoms with Crippen LogP contribution in [0.1, 0.15) is 18.9 Å². The first kappa shape index (κ1) is 15.9. The fourth-order valence-corrected chi connectivity index (χ4v) is 1.99. The molecule has 0 aliphatic carbocycles. The topological polar surface area (TPSA) is 44.8 Å². The van der Waals surface area contributed by atoms with Crippen LogP contribution in [0, 0.1) is 0 Å². The van der Waals surface area contributed by atoms with Crippen molar-refractivity contribution < 1.29 is 19.0 Å². The maximum absolute atomic E-state index is 11.8. The number of hydrogen-bond donors (Lipinski definition) is 0. The number of carbonyl (C=O) groups excluding carboxylic acids is 1. The highest BCUT2D eigenvalue weighted by molar-refractivity contribution is 5.72. The van der Waals surface area contributed by atoms with Crippen LogP contribution in [0.2, 0.25) is 0 Å². The summed E-state index contributed by atoms with van der Waals surface area (Å²) in [5, 5.41) is 0. The minimum absolute atomic E-state index is 0.251. The number of aryl methyl sites for hydroxylation is 1. The number of rotatable bonds is 7. The molecule has 0 atom stereocenters. The standard InChI is InChI=1S/C18H20O4/c1-3-21-16-7-4-14(5-8-16)6-13-18(19)22-17-11-9-15(20-2)10-12-17/h4-5,7-12H,3,6,13H2,1-2H3. The predicted molar refractivity (Wildman–Crippen MR) is 84.6 cm³/mol. The van der Waals surface area contributed by atoms with Gasteiger partial charge >= 0.3 is 5.97 Å². The fourth-order valence-electron chi connectivity index (χ4n) is 1.99. The molecule has 116 valence electrons. The first-order valence-corrected chi connectivity index (χ1v) is 7.27. The molecular formula is C18H20O4. The van der Waals surface area contributed by atoms with Crippen molar-refractivity contribution in [2.45, 2.75) is 19.8 Å². The lowest BCUT2D eigenvalue weighted by Gasteiger charge is -2.06. The Morgan fingerprint density at radius 2 is 1.50 bits per heavy atom. The summed E-state index contributed by atoms with van der Waals surface area (Å²) in [7, 11) is 1.60. The third-order valence-corrected chi connectivity index (χ3v) is 3.14. The van der Waals surface area contributed by atoms with Gasteiger partial charge < -0.3 is 14.2 Å². The maximum atomic E-state index is 11.8. The highest BCUT2D eigenvalue weighted by Gasteiger charge is 2.06. The SMILES string of the molecule is CCOc1ccc(CCC(=O)Oc2ccc(OC)cc2)cc1. The second-order valence-corrected chi connectivity index (χ2v) is 4.73. The normalized spacial score (nSPS) is 10.1. The molecule has 0 saturated carbocycles. The molecule has 0 amide bonds. The number of carbonyl (C=O) groups is 1. The van der Waals surface area contributed by atoms with Crippen LogP contribution in [-0.4, -0.2) is 19.7 Å². The second kappa shape index (κ2) is 8.08. The molecule has 0 N–H and O–H groups in total. The molecule has 0 saturated heterocycles. The van der Waals surface area contributed by atoms with E-state index < -0.39 is 0 Å². The largest absolute Gasteiger partial charge is 0.497 e. The summed E-state index contributed by atoms with van der Waals surface area (Å²) in [4.78, 5) is 11.8. The summed E-state index contributed by atoms with van der Waals surface area (Å²) in [5.74, 6) is 1.85. The third-order valence-electron chi connectivity index (χ3n) is 3.14. The zero-order chi connectivity index (χ0) is 15.8. The van der Waals surface area contributed by atoms with E-state index >= 15 is 0 Å². The van der Waals surface area contributed by atoms with E-state index in [1.54, 1.807) is 31.4 Å². The van der Waals surface area contributed by atoms with Gasteiger partial charge in [0, 0.05) is 6.42 Å². The van der Waals surface area contributed by atoms with Crippen LogP contribution < -0.4 is 14.2 Å². The van der Waals surface area contributed by atoms with Crippen LogP contribution in [0.25, 0.3) is 0 Å². The molecular weight excluding hydrogens is 280 g/mol. The van der Waals surface area contributed by atoms with Gasteiger partial charge in [-0.2, -0.15) is 0 Å². The molecule has 0 fully saturated rings. The number of hydrogen-bond acceptors (Lipinski definition) is 4. The minimum atomic E-state index is -0.251. The van der Waals surface area contributed by atoms with E-state index in [9.17, 15) is 4.79 Å². The monoisotopic (exact) mass is 300 g/mol. The van der Waals surface area contributed by atoms with Crippen molar-refractivity contribution in [3.63, 3.8) is 0 Å². The van der Waals surface area contributed by atoms with Crippen LogP contribution in [0.15, 0.2) is 48.5 Å². The van der Waals surface area contributed by atoms with Crippen LogP contribution in [-0.2, 0) is 11.2 Å². The Morgan fingerprint density at radius 1 is 0.909 bits per heavy atom. The predicted octanol–water partition coefficient (Wildman–Crippen LogP) is 3.63. The summed E-state index contributed by atoms with van der Waals surface area (Å²) in [6.45, 7) is 2.59. The average Bonchev–Trinajstić information content (AvgIpc) is 2.55. The molecule has 0 spiro atoms. The van der Waals surface area contributed by atoms with Crippen molar-refractivity contribution in [2.24, 2.45) is 0 Å². The summed E-state index contributed by atoms with van der Waals surface area (Å²) >= 11 is 0. The number of esters is 1. The summed E-state index contributed by atoms with van der Waals surface area (Å²) in [6, 6.07) is 14.7. The van der Waals surface area contributed by atoms with Gasteiger partial charge in [-0.05, 0) is 55.3 Å². The average molecular weight is 300 g/mol. The van der Waals surface area contributed by atoms with Crippen molar-refractivity contribution in [3.8, 4) is 17.2 Å². The van der Waals surface area contributed by atoms with Crippen molar-refractivity contribution in [2.75, 3.05) is 13.7 Å². The molecule has 0 unspecified atom stereocenters. The molecule has 0 bridgehead atoms. The van der Waals surface area contributed by atoms with E-state index in [4.69, 9.17) is 14.2 Å². The Morgan fingerprint density at radius 3 is 2.09 bits per heavy atom. The second-order valence-electron chi connectivity index (χ2n) is 4.73. The summed E-state index contributed by atoms with van der Waals surface area (Å²) < 4.78 is 15.7. The molecule has 0 radical (unpaired) electrons. The number of benzene rings is 2. The molecule has 2 aromatic carbocycles. The smallest absolute Gasteiger partial charge is 0.311 e. The Hall–Kier alpha value is -2.49. The van der Waals surface area contributed by atoms with Crippen LogP contribution in [0.4, 0.5) is 0 Å². The third kappa shape index (κ3) is 4.81. The van der Waals surface area contributed by atoms with E-state index in [0.29, 0.717) is 25.2 Å². The summed E-state index contributed by atoms with van der Waals surface area (Å²) in [5.41, 5.74) is 1.08. The van der Waals surface area contributed by atoms with E-state index in [-0.39, 0.29) is 5.97 Å². The van der Waals surface area contributed by atoms with Gasteiger partial charge in [0.25, 0.3) is 0 Å². The highest BCUT2D eigenvalue weighted by Crippen LogP contribution is 2.18. The molecule has 0 aliphatic heterocycles. The van der Waals surface area contributed by atoms with Crippen molar-refractivity contribution in [1.29, 1.82) is 0 Å². The first-order valence-electron chi connectivity index (χ1n) is 7.27. The van der Waals surface area contributed by atoms with Crippen molar-refractivity contribution in [3.05, 3.63) is 54.1 Å². The zero-order valence-electron chi connectivity index (χ0n) is 12.9. The Kier molecular flexibility index (Phi) is 5.83. The summed E-state index contributed by atoms with van der Waals surface area (Å²) in [6.07, 6.45) is 0.974. The van der Waals surface area contributed by atoms with E-state index in [1.807, 2.05) is 31.2 Å². The minimum Gasteiger partial charge on any atom is -0.497 e. The molecule has 0 aromatic heterocycles. The van der Waals surface area contributed by atoms with Gasteiger partial charge in [-0.3, -0.25) is 4.79 Å². The van der Waals surface area contributed by atoms with Crippen LogP contribution >= 0.6 is 0 Å². The Labute approximate surface area is 130 Å². The van der Waals surface area contributed by atoms with E-state index in [2.05, 4.69) is 0 Å². The molecule has 0 aliphatic rings. The van der Waals surface area contributed by atoms with E-state index in [0.717, 1.165) is 17.1 Å². The molecule has 4 heteroatoms. The Bertz CT molecular complexity index is 587. The number of ether oxygens (including phenoxy) is 3.